The molecule has 0 amide bonds. The molecular weight excluding hydrogens is 518 g/mol. The van der Waals surface area contributed by atoms with Gasteiger partial charge in [-0.15, -0.1) is 0 Å². The van der Waals surface area contributed by atoms with Gasteiger partial charge in [-0.25, -0.2) is 4.40 Å². The van der Waals surface area contributed by atoms with Crippen LogP contribution in [0.1, 0.15) is 0 Å². The number of furan rings is 1. The smallest absolute Gasteiger partial charge is 0.266 e. The second kappa shape index (κ2) is 8.38. The molecule has 0 radical (unpaired) electrons. The molecular formula is C38H21NO3. The lowest BCUT2D eigenvalue weighted by molar-refractivity contribution is 0.670. The van der Waals surface area contributed by atoms with Gasteiger partial charge in [0, 0.05) is 37.9 Å². The van der Waals surface area contributed by atoms with Gasteiger partial charge in [0.05, 0.1) is 5.52 Å². The van der Waals surface area contributed by atoms with E-state index >= 15 is 0 Å². The van der Waals surface area contributed by atoms with Gasteiger partial charge < -0.3 is 4.42 Å². The largest absolute Gasteiger partial charge is 0.455 e. The third-order valence-corrected chi connectivity index (χ3v) is 8.57. The van der Waals surface area contributed by atoms with Gasteiger partial charge in [0.2, 0.25) is 0 Å². The van der Waals surface area contributed by atoms with Crippen LogP contribution in [0.4, 0.5) is 0 Å². The number of nitrogens with zero attached hydrogens (tertiary/aromatic N) is 1. The van der Waals surface area contributed by atoms with E-state index in [1.165, 1.54) is 4.40 Å². The minimum absolute atomic E-state index is 0.282. The molecule has 0 aliphatic heterocycles. The predicted molar refractivity (Wildman–Crippen MR) is 172 cm³/mol. The highest BCUT2D eigenvalue weighted by Gasteiger charge is 2.18. The van der Waals surface area contributed by atoms with Gasteiger partial charge in [-0.2, -0.15) is 0 Å². The van der Waals surface area contributed by atoms with Crippen LogP contribution in [0.3, 0.4) is 0 Å². The fourth-order valence-corrected chi connectivity index (χ4v) is 6.61. The zero-order chi connectivity index (χ0) is 27.9. The van der Waals surface area contributed by atoms with Crippen molar-refractivity contribution >= 4 is 59.8 Å². The van der Waals surface area contributed by atoms with Crippen LogP contribution in [0.5, 0.6) is 0 Å². The number of hydrogen-bond acceptors (Lipinski definition) is 3. The normalized spacial score (nSPS) is 12.0. The molecule has 0 atom stereocenters. The molecule has 4 heteroatoms. The van der Waals surface area contributed by atoms with E-state index in [1.807, 2.05) is 54.6 Å². The highest BCUT2D eigenvalue weighted by molar-refractivity contribution is 6.19. The molecule has 0 fully saturated rings. The fourth-order valence-electron chi connectivity index (χ4n) is 6.61. The Kier molecular flexibility index (Phi) is 4.59. The molecule has 0 unspecified atom stereocenters. The minimum Gasteiger partial charge on any atom is -0.455 e. The molecule has 0 aliphatic rings. The molecule has 196 valence electrons. The summed E-state index contributed by atoms with van der Waals surface area (Å²) >= 11 is 0. The van der Waals surface area contributed by atoms with Crippen molar-refractivity contribution in [2.45, 2.75) is 0 Å². The van der Waals surface area contributed by atoms with Gasteiger partial charge in [0.1, 0.15) is 11.2 Å². The summed E-state index contributed by atoms with van der Waals surface area (Å²) in [6.45, 7) is 0. The van der Waals surface area contributed by atoms with Crippen LogP contribution in [-0.2, 0) is 0 Å². The molecule has 42 heavy (non-hydrogen) atoms. The van der Waals surface area contributed by atoms with Gasteiger partial charge in [0.25, 0.3) is 11.1 Å². The Labute approximate surface area is 238 Å². The number of aromatic nitrogens is 1. The molecule has 9 rings (SSSR count). The van der Waals surface area contributed by atoms with Gasteiger partial charge in [0.15, 0.2) is 0 Å². The van der Waals surface area contributed by atoms with Crippen molar-refractivity contribution in [3.05, 3.63) is 148 Å². The molecule has 0 spiro atoms. The summed E-state index contributed by atoms with van der Waals surface area (Å²) in [5, 5.41) is 6.75. The van der Waals surface area contributed by atoms with E-state index < -0.39 is 0 Å². The van der Waals surface area contributed by atoms with Crippen molar-refractivity contribution in [2.75, 3.05) is 0 Å². The predicted octanol–water partition coefficient (Wildman–Crippen LogP) is 8.79. The summed E-state index contributed by atoms with van der Waals surface area (Å²) in [6.07, 6.45) is 0. The van der Waals surface area contributed by atoms with Gasteiger partial charge in [-0.05, 0) is 57.8 Å². The van der Waals surface area contributed by atoms with Crippen LogP contribution in [0.25, 0.3) is 82.0 Å². The Morgan fingerprint density at radius 1 is 0.429 bits per heavy atom. The first-order chi connectivity index (χ1) is 20.7. The number of hydrogen-bond donors (Lipinski definition) is 0. The van der Waals surface area contributed by atoms with Crippen LogP contribution in [0, 0.1) is 0 Å². The van der Waals surface area contributed by atoms with Crippen LogP contribution in [0.2, 0.25) is 0 Å². The summed E-state index contributed by atoms with van der Waals surface area (Å²) in [5.41, 5.74) is 6.05. The Morgan fingerprint density at radius 3 is 1.60 bits per heavy atom. The molecule has 0 saturated carbocycles. The molecule has 6 aromatic carbocycles. The van der Waals surface area contributed by atoms with E-state index in [9.17, 15) is 9.59 Å². The SMILES string of the molecule is O=c1c2ccccc2c2cc(-c3ccc(-c4cccc5c4oc4ccccc45)cc3)cc3c4ccccc4c(=O)n1c23. The van der Waals surface area contributed by atoms with Crippen molar-refractivity contribution < 1.29 is 4.42 Å². The lowest BCUT2D eigenvalue weighted by atomic mass is 9.93. The average Bonchev–Trinajstić information content (AvgIpc) is 3.43. The molecule has 4 nitrogen and oxygen atoms in total. The average molecular weight is 540 g/mol. The molecule has 3 heterocycles. The minimum atomic E-state index is -0.282. The lowest BCUT2D eigenvalue weighted by Crippen LogP contribution is -2.27. The van der Waals surface area contributed by atoms with E-state index in [1.54, 1.807) is 12.1 Å². The standard InChI is InChI=1S/C38H21NO3/c40-37-30-11-3-1-8-26(30)32-20-24(21-33-27-9-2-4-12-31(27)38(41)39(37)35(32)33)22-16-18-23(19-17-22)25-13-7-14-29-28-10-5-6-15-34(28)42-36(25)29/h1-21H. The van der Waals surface area contributed by atoms with E-state index in [2.05, 4.69) is 60.7 Å². The zero-order valence-corrected chi connectivity index (χ0v) is 22.3. The zero-order valence-electron chi connectivity index (χ0n) is 22.3. The van der Waals surface area contributed by atoms with Crippen LogP contribution in [0.15, 0.2) is 141 Å². The molecule has 0 aliphatic carbocycles. The van der Waals surface area contributed by atoms with Gasteiger partial charge in [-0.1, -0.05) is 97.1 Å². The van der Waals surface area contributed by atoms with Crippen molar-refractivity contribution in [3.63, 3.8) is 0 Å². The monoisotopic (exact) mass is 539 g/mol. The molecule has 3 aromatic heterocycles. The first-order valence-corrected chi connectivity index (χ1v) is 13.9. The van der Waals surface area contributed by atoms with Gasteiger partial charge in [-0.3, -0.25) is 9.59 Å². The van der Waals surface area contributed by atoms with Crippen molar-refractivity contribution in [1.82, 2.24) is 4.40 Å². The van der Waals surface area contributed by atoms with E-state index in [0.717, 1.165) is 65.7 Å². The number of pyridine rings is 2. The van der Waals surface area contributed by atoms with Crippen molar-refractivity contribution in [1.29, 1.82) is 0 Å². The first-order valence-electron chi connectivity index (χ1n) is 13.9. The summed E-state index contributed by atoms with van der Waals surface area (Å²) in [4.78, 5) is 27.2. The Balaban J connectivity index is 1.30. The Bertz CT molecular complexity index is 2560. The molecule has 0 saturated heterocycles. The summed E-state index contributed by atoms with van der Waals surface area (Å²) in [6, 6.07) is 42.2. The highest BCUT2D eigenvalue weighted by atomic mass is 16.3. The van der Waals surface area contributed by atoms with Gasteiger partial charge >= 0.3 is 0 Å². The highest BCUT2D eigenvalue weighted by Crippen LogP contribution is 2.38. The lowest BCUT2D eigenvalue weighted by Gasteiger charge is -2.15. The Morgan fingerprint density at radius 2 is 0.952 bits per heavy atom. The Hall–Kier alpha value is -5.74. The summed E-state index contributed by atoms with van der Waals surface area (Å²) in [5.74, 6) is 0. The van der Waals surface area contributed by atoms with Crippen LogP contribution >= 0.6 is 0 Å². The second-order valence-corrected chi connectivity index (χ2v) is 10.8. The fraction of sp³-hybridized carbons (Fsp3) is 0. The maximum atomic E-state index is 13.6. The van der Waals surface area contributed by atoms with E-state index in [-0.39, 0.29) is 11.1 Å². The molecule has 0 bridgehead atoms. The third kappa shape index (κ3) is 3.06. The third-order valence-electron chi connectivity index (χ3n) is 8.57. The molecule has 0 N–H and O–H groups in total. The van der Waals surface area contributed by atoms with Crippen molar-refractivity contribution in [3.8, 4) is 22.3 Å². The maximum absolute atomic E-state index is 13.6. The maximum Gasteiger partial charge on any atom is 0.266 e. The number of fused-ring (bicyclic) bond motifs is 7. The van der Waals surface area contributed by atoms with Crippen LogP contribution < -0.4 is 11.1 Å². The topological polar surface area (TPSA) is 51.7 Å². The van der Waals surface area contributed by atoms with E-state index in [0.29, 0.717) is 16.3 Å². The summed E-state index contributed by atoms with van der Waals surface area (Å²) < 4.78 is 7.64. The van der Waals surface area contributed by atoms with Crippen LogP contribution in [-0.4, -0.2) is 4.40 Å². The first kappa shape index (κ1) is 23.0. The number of para-hydroxylation sites is 2. The second-order valence-electron chi connectivity index (χ2n) is 10.8. The van der Waals surface area contributed by atoms with Crippen molar-refractivity contribution in [2.24, 2.45) is 0 Å². The summed E-state index contributed by atoms with van der Waals surface area (Å²) in [7, 11) is 0. The number of benzene rings is 6. The number of rotatable bonds is 2. The quantitative estimate of drug-likeness (QED) is 0.163. The van der Waals surface area contributed by atoms with E-state index in [4.69, 9.17) is 4.42 Å². The molecule has 9 aromatic rings.